The van der Waals surface area contributed by atoms with E-state index >= 15 is 0 Å². The maximum absolute atomic E-state index is 12.9. The molecule has 26 heavy (non-hydrogen) atoms. The highest BCUT2D eigenvalue weighted by Gasteiger charge is 2.35. The zero-order chi connectivity index (χ0) is 17.9. The third kappa shape index (κ3) is 3.68. The number of imidazole rings is 1. The number of aromatic nitrogens is 2. The molecule has 4 nitrogen and oxygen atoms in total. The molecule has 5 heteroatoms. The van der Waals surface area contributed by atoms with Gasteiger partial charge in [-0.25, -0.2) is 4.98 Å². The summed E-state index contributed by atoms with van der Waals surface area (Å²) in [7, 11) is 0. The molecule has 2 aliphatic rings. The van der Waals surface area contributed by atoms with Crippen LogP contribution >= 0.6 is 11.8 Å². The number of likely N-dealkylation sites (tertiary alicyclic amines) is 1. The molecular formula is C21H27N3OS. The lowest BCUT2D eigenvalue weighted by Gasteiger charge is -2.44. The number of benzene rings is 1. The van der Waals surface area contributed by atoms with Crippen molar-refractivity contribution in [3.63, 3.8) is 0 Å². The molecule has 2 fully saturated rings. The predicted octanol–water partition coefficient (Wildman–Crippen LogP) is 4.45. The highest BCUT2D eigenvalue weighted by Crippen LogP contribution is 2.35. The maximum atomic E-state index is 12.9. The van der Waals surface area contributed by atoms with Crippen LogP contribution in [0.5, 0.6) is 0 Å². The minimum absolute atomic E-state index is 0.283. The summed E-state index contributed by atoms with van der Waals surface area (Å²) < 4.78 is 2.07. The van der Waals surface area contributed by atoms with Crippen molar-refractivity contribution in [3.05, 3.63) is 42.2 Å². The number of nitrogens with zero attached hydrogens (tertiary/aromatic N) is 3. The molecule has 1 saturated heterocycles. The van der Waals surface area contributed by atoms with Gasteiger partial charge in [0.1, 0.15) is 0 Å². The SMILES string of the molecule is Cc1cccc(-n2ccnc2SCC(=O)N2CCCC3CCCCC32)c1. The lowest BCUT2D eigenvalue weighted by atomic mass is 9.78. The molecule has 0 radical (unpaired) electrons. The van der Waals surface area contributed by atoms with Gasteiger partial charge in [0.15, 0.2) is 5.16 Å². The molecule has 2 aromatic rings. The zero-order valence-electron chi connectivity index (χ0n) is 15.4. The van der Waals surface area contributed by atoms with Gasteiger partial charge in [-0.2, -0.15) is 0 Å². The van der Waals surface area contributed by atoms with Gasteiger partial charge in [-0.3, -0.25) is 9.36 Å². The molecule has 1 aromatic carbocycles. The highest BCUT2D eigenvalue weighted by atomic mass is 32.2. The average Bonchev–Trinajstić information content (AvgIpc) is 3.14. The molecule has 2 unspecified atom stereocenters. The fraction of sp³-hybridized carbons (Fsp3) is 0.524. The number of amides is 1. The Morgan fingerprint density at radius 2 is 2.08 bits per heavy atom. The van der Waals surface area contributed by atoms with Crippen molar-refractivity contribution in [1.82, 2.24) is 14.5 Å². The standard InChI is InChI=1S/C21H27N3OS/c1-16-6-4-9-18(14-16)23-13-11-22-21(23)26-15-20(25)24-12-5-8-17-7-2-3-10-19(17)24/h4,6,9,11,13-14,17,19H,2-3,5,7-8,10,12,15H2,1H3. The zero-order valence-corrected chi connectivity index (χ0v) is 16.3. The maximum Gasteiger partial charge on any atom is 0.233 e. The van der Waals surface area contributed by atoms with Crippen molar-refractivity contribution in [1.29, 1.82) is 0 Å². The van der Waals surface area contributed by atoms with Gasteiger partial charge in [-0.15, -0.1) is 0 Å². The molecule has 1 amide bonds. The van der Waals surface area contributed by atoms with Crippen LogP contribution < -0.4 is 0 Å². The summed E-state index contributed by atoms with van der Waals surface area (Å²) in [6.45, 7) is 3.03. The quantitative estimate of drug-likeness (QED) is 0.747. The Morgan fingerprint density at radius 3 is 2.96 bits per heavy atom. The Labute approximate surface area is 160 Å². The van der Waals surface area contributed by atoms with E-state index in [9.17, 15) is 4.79 Å². The van der Waals surface area contributed by atoms with Gasteiger partial charge in [0.05, 0.1) is 5.75 Å². The molecule has 138 valence electrons. The number of hydrogen-bond acceptors (Lipinski definition) is 3. The number of hydrogen-bond donors (Lipinski definition) is 0. The average molecular weight is 370 g/mol. The van der Waals surface area contributed by atoms with Crippen LogP contribution in [-0.2, 0) is 4.79 Å². The first-order chi connectivity index (χ1) is 12.7. The Morgan fingerprint density at radius 1 is 1.23 bits per heavy atom. The molecule has 2 atom stereocenters. The number of aryl methyl sites for hydroxylation is 1. The Hall–Kier alpha value is -1.75. The minimum Gasteiger partial charge on any atom is -0.339 e. The van der Waals surface area contributed by atoms with E-state index in [2.05, 4.69) is 45.6 Å². The number of rotatable bonds is 4. The summed E-state index contributed by atoms with van der Waals surface area (Å²) in [5.74, 6) is 1.50. The number of piperidine rings is 1. The van der Waals surface area contributed by atoms with Crippen LogP contribution in [0.2, 0.25) is 0 Å². The van der Waals surface area contributed by atoms with Crippen LogP contribution in [0.15, 0.2) is 41.8 Å². The number of thioether (sulfide) groups is 1. The van der Waals surface area contributed by atoms with Crippen molar-refractivity contribution in [3.8, 4) is 5.69 Å². The van der Waals surface area contributed by atoms with Gasteiger partial charge in [0, 0.05) is 30.7 Å². The first kappa shape index (κ1) is 17.7. The molecular weight excluding hydrogens is 342 g/mol. The summed E-state index contributed by atoms with van der Waals surface area (Å²) in [5, 5.41) is 0.890. The highest BCUT2D eigenvalue weighted by molar-refractivity contribution is 7.99. The molecule has 0 N–H and O–H groups in total. The number of carbonyl (C=O) groups excluding carboxylic acids is 1. The van der Waals surface area contributed by atoms with E-state index in [1.54, 1.807) is 11.8 Å². The summed E-state index contributed by atoms with van der Waals surface area (Å²) in [6, 6.07) is 8.86. The van der Waals surface area contributed by atoms with Crippen LogP contribution in [0.1, 0.15) is 44.1 Å². The second-order valence-electron chi connectivity index (χ2n) is 7.55. The lowest BCUT2D eigenvalue weighted by Crippen LogP contribution is -2.50. The topological polar surface area (TPSA) is 38.1 Å². The third-order valence-corrected chi connectivity index (χ3v) is 6.73. The monoisotopic (exact) mass is 369 g/mol. The van der Waals surface area contributed by atoms with Gasteiger partial charge in [0.25, 0.3) is 0 Å². The molecule has 1 saturated carbocycles. The second-order valence-corrected chi connectivity index (χ2v) is 8.49. The molecule has 1 aliphatic heterocycles. The number of fused-ring (bicyclic) bond motifs is 1. The molecule has 1 aromatic heterocycles. The van der Waals surface area contributed by atoms with E-state index in [1.807, 2.05) is 12.4 Å². The predicted molar refractivity (Wildman–Crippen MR) is 106 cm³/mol. The largest absolute Gasteiger partial charge is 0.339 e. The fourth-order valence-electron chi connectivity index (χ4n) is 4.51. The smallest absolute Gasteiger partial charge is 0.233 e. The molecule has 0 bridgehead atoms. The summed E-state index contributed by atoms with van der Waals surface area (Å²) >= 11 is 1.56. The summed E-state index contributed by atoms with van der Waals surface area (Å²) in [6.07, 6.45) is 11.4. The normalized spacial score (nSPS) is 22.9. The van der Waals surface area contributed by atoms with E-state index in [0.29, 0.717) is 11.8 Å². The third-order valence-electron chi connectivity index (χ3n) is 5.77. The van der Waals surface area contributed by atoms with E-state index in [0.717, 1.165) is 29.7 Å². The first-order valence-corrected chi connectivity index (χ1v) is 10.7. The summed E-state index contributed by atoms with van der Waals surface area (Å²) in [4.78, 5) is 19.6. The minimum atomic E-state index is 0.283. The Bertz CT molecular complexity index is 770. The van der Waals surface area contributed by atoms with Gasteiger partial charge in [-0.05, 0) is 56.2 Å². The van der Waals surface area contributed by atoms with E-state index in [1.165, 1.54) is 37.7 Å². The Kier molecular flexibility index (Phi) is 5.34. The molecule has 1 aliphatic carbocycles. The van der Waals surface area contributed by atoms with E-state index in [-0.39, 0.29) is 5.91 Å². The van der Waals surface area contributed by atoms with Crippen LogP contribution in [0, 0.1) is 12.8 Å². The number of carbonyl (C=O) groups is 1. The van der Waals surface area contributed by atoms with Crippen LogP contribution in [0.4, 0.5) is 0 Å². The van der Waals surface area contributed by atoms with Crippen LogP contribution in [0.25, 0.3) is 5.69 Å². The summed E-state index contributed by atoms with van der Waals surface area (Å²) in [5.41, 5.74) is 2.32. The molecule has 4 rings (SSSR count). The lowest BCUT2D eigenvalue weighted by molar-refractivity contribution is -0.134. The molecule has 0 spiro atoms. The van der Waals surface area contributed by atoms with Gasteiger partial charge in [0.2, 0.25) is 5.91 Å². The molecule has 2 heterocycles. The van der Waals surface area contributed by atoms with Crippen molar-refractivity contribution in [2.24, 2.45) is 5.92 Å². The fourth-order valence-corrected chi connectivity index (χ4v) is 5.37. The van der Waals surface area contributed by atoms with Crippen molar-refractivity contribution < 1.29 is 4.79 Å². The van der Waals surface area contributed by atoms with Gasteiger partial charge < -0.3 is 4.90 Å². The van der Waals surface area contributed by atoms with Crippen LogP contribution in [0.3, 0.4) is 0 Å². The van der Waals surface area contributed by atoms with E-state index < -0.39 is 0 Å². The first-order valence-electron chi connectivity index (χ1n) is 9.75. The van der Waals surface area contributed by atoms with Gasteiger partial charge >= 0.3 is 0 Å². The van der Waals surface area contributed by atoms with Crippen molar-refractivity contribution >= 4 is 17.7 Å². The van der Waals surface area contributed by atoms with Crippen molar-refractivity contribution in [2.75, 3.05) is 12.3 Å². The van der Waals surface area contributed by atoms with E-state index in [4.69, 9.17) is 0 Å². The van der Waals surface area contributed by atoms with Gasteiger partial charge in [-0.1, -0.05) is 36.7 Å². The Balaban J connectivity index is 1.43. The van der Waals surface area contributed by atoms with Crippen molar-refractivity contribution in [2.45, 2.75) is 56.6 Å². The second kappa shape index (κ2) is 7.87. The van der Waals surface area contributed by atoms with Crippen LogP contribution in [-0.4, -0.2) is 38.7 Å².